The van der Waals surface area contributed by atoms with Crippen LogP contribution in [0.1, 0.15) is 30.2 Å². The van der Waals surface area contributed by atoms with Crippen LogP contribution in [-0.4, -0.2) is 29.1 Å². The number of aromatic carboxylic acids is 1. The van der Waals surface area contributed by atoms with E-state index in [1.54, 1.807) is 6.07 Å². The van der Waals surface area contributed by atoms with Gasteiger partial charge in [-0.15, -0.1) is 12.4 Å². The molecule has 0 aromatic carbocycles. The maximum absolute atomic E-state index is 10.5. The predicted octanol–water partition coefficient (Wildman–Crippen LogP) is 2.24. The molecular formula is C10H16ClNO3. The Hall–Kier alpha value is -1.00. The quantitative estimate of drug-likeness (QED) is 0.848. The topological polar surface area (TPSA) is 53.7 Å². The number of hydrogen-bond donors (Lipinski definition) is 1. The first-order chi connectivity index (χ1) is 6.67. The molecule has 0 saturated carbocycles. The summed E-state index contributed by atoms with van der Waals surface area (Å²) < 4.78 is 5.14. The second kappa shape index (κ2) is 6.48. The molecule has 4 nitrogen and oxygen atoms in total. The summed E-state index contributed by atoms with van der Waals surface area (Å²) in [7, 11) is 0. The maximum atomic E-state index is 10.5. The number of carboxylic acid groups (broad SMARTS) is 1. The number of carboxylic acids is 1. The van der Waals surface area contributed by atoms with Gasteiger partial charge in [0, 0.05) is 0 Å². The minimum absolute atomic E-state index is 0. The minimum Gasteiger partial charge on any atom is -0.475 e. The summed E-state index contributed by atoms with van der Waals surface area (Å²) >= 11 is 0. The molecule has 0 radical (unpaired) electrons. The van der Waals surface area contributed by atoms with Crippen molar-refractivity contribution in [1.29, 1.82) is 0 Å². The first-order valence-corrected chi connectivity index (χ1v) is 4.71. The zero-order chi connectivity index (χ0) is 10.6. The van der Waals surface area contributed by atoms with Gasteiger partial charge in [-0.25, -0.2) is 4.79 Å². The fourth-order valence-corrected chi connectivity index (χ4v) is 1.25. The van der Waals surface area contributed by atoms with Crippen LogP contribution in [0.5, 0.6) is 0 Å². The van der Waals surface area contributed by atoms with Gasteiger partial charge in [0.05, 0.1) is 6.54 Å². The minimum atomic E-state index is -1.02. The number of furan rings is 1. The molecule has 0 spiro atoms. The highest BCUT2D eigenvalue weighted by Gasteiger charge is 2.10. The van der Waals surface area contributed by atoms with E-state index in [0.717, 1.165) is 13.1 Å². The molecule has 1 aromatic rings. The molecule has 1 N–H and O–H groups in total. The lowest BCUT2D eigenvalue weighted by molar-refractivity contribution is 0.0658. The highest BCUT2D eigenvalue weighted by molar-refractivity contribution is 5.85. The van der Waals surface area contributed by atoms with Gasteiger partial charge >= 0.3 is 5.97 Å². The fraction of sp³-hybridized carbons (Fsp3) is 0.500. The van der Waals surface area contributed by atoms with Crippen molar-refractivity contribution in [3.63, 3.8) is 0 Å². The van der Waals surface area contributed by atoms with Crippen molar-refractivity contribution >= 4 is 18.4 Å². The predicted molar refractivity (Wildman–Crippen MR) is 59.5 cm³/mol. The van der Waals surface area contributed by atoms with Gasteiger partial charge in [0.15, 0.2) is 0 Å². The van der Waals surface area contributed by atoms with E-state index in [0.29, 0.717) is 12.3 Å². The molecule has 1 rings (SSSR count). The number of hydrogen-bond acceptors (Lipinski definition) is 3. The lowest BCUT2D eigenvalue weighted by Gasteiger charge is -2.15. The highest BCUT2D eigenvalue weighted by atomic mass is 35.5. The lowest BCUT2D eigenvalue weighted by Crippen LogP contribution is -2.21. The van der Waals surface area contributed by atoms with E-state index >= 15 is 0 Å². The van der Waals surface area contributed by atoms with Crippen LogP contribution in [0.3, 0.4) is 0 Å². The van der Waals surface area contributed by atoms with Crippen molar-refractivity contribution in [2.75, 3.05) is 13.1 Å². The van der Waals surface area contributed by atoms with Gasteiger partial charge in [-0.05, 0) is 25.2 Å². The molecule has 0 aliphatic carbocycles. The maximum Gasteiger partial charge on any atom is 0.371 e. The summed E-state index contributed by atoms with van der Waals surface area (Å²) in [5, 5.41) is 8.64. The smallest absolute Gasteiger partial charge is 0.371 e. The Morgan fingerprint density at radius 3 is 2.40 bits per heavy atom. The van der Waals surface area contributed by atoms with Crippen molar-refractivity contribution < 1.29 is 14.3 Å². The monoisotopic (exact) mass is 233 g/mol. The van der Waals surface area contributed by atoms with E-state index < -0.39 is 5.97 Å². The Bertz CT molecular complexity index is 307. The van der Waals surface area contributed by atoms with Crippen LogP contribution in [0, 0.1) is 0 Å². The fourth-order valence-electron chi connectivity index (χ4n) is 1.25. The normalized spacial score (nSPS) is 10.1. The van der Waals surface area contributed by atoms with Gasteiger partial charge in [-0.1, -0.05) is 13.8 Å². The first kappa shape index (κ1) is 14.0. The second-order valence-corrected chi connectivity index (χ2v) is 3.03. The van der Waals surface area contributed by atoms with Crippen molar-refractivity contribution in [2.45, 2.75) is 20.4 Å². The van der Waals surface area contributed by atoms with E-state index in [2.05, 4.69) is 18.7 Å². The summed E-state index contributed by atoms with van der Waals surface area (Å²) in [4.78, 5) is 12.7. The van der Waals surface area contributed by atoms with E-state index in [4.69, 9.17) is 9.52 Å². The van der Waals surface area contributed by atoms with Crippen molar-refractivity contribution in [1.82, 2.24) is 4.90 Å². The number of rotatable bonds is 5. The molecule has 0 atom stereocenters. The van der Waals surface area contributed by atoms with Crippen LogP contribution in [0.2, 0.25) is 0 Å². The molecule has 0 fully saturated rings. The molecule has 0 amide bonds. The highest BCUT2D eigenvalue weighted by Crippen LogP contribution is 2.10. The molecule has 1 aromatic heterocycles. The molecule has 1 heterocycles. The molecule has 0 saturated heterocycles. The van der Waals surface area contributed by atoms with Gasteiger partial charge < -0.3 is 9.52 Å². The van der Waals surface area contributed by atoms with E-state index in [1.807, 2.05) is 0 Å². The van der Waals surface area contributed by atoms with E-state index in [1.165, 1.54) is 6.07 Å². The molecular weight excluding hydrogens is 218 g/mol. The summed E-state index contributed by atoms with van der Waals surface area (Å²) in [5.74, 6) is -0.311. The van der Waals surface area contributed by atoms with Crippen LogP contribution in [-0.2, 0) is 6.54 Å². The Balaban J connectivity index is 0.00000196. The number of nitrogens with zero attached hydrogens (tertiary/aromatic N) is 1. The number of halogens is 1. The SMILES string of the molecule is CCN(CC)Cc1ccc(C(=O)O)o1.Cl. The van der Waals surface area contributed by atoms with Crippen LogP contribution in [0.25, 0.3) is 0 Å². The third kappa shape index (κ3) is 3.93. The molecule has 15 heavy (non-hydrogen) atoms. The van der Waals surface area contributed by atoms with Gasteiger partial charge in [0.25, 0.3) is 0 Å². The Morgan fingerprint density at radius 2 is 2.00 bits per heavy atom. The summed E-state index contributed by atoms with van der Waals surface area (Å²) in [6.45, 7) is 6.65. The zero-order valence-electron chi connectivity index (χ0n) is 8.90. The van der Waals surface area contributed by atoms with Crippen LogP contribution in [0.4, 0.5) is 0 Å². The number of carbonyl (C=O) groups is 1. The van der Waals surface area contributed by atoms with Crippen molar-refractivity contribution in [2.24, 2.45) is 0 Å². The third-order valence-corrected chi connectivity index (χ3v) is 2.15. The summed E-state index contributed by atoms with van der Waals surface area (Å²) in [6, 6.07) is 3.20. The van der Waals surface area contributed by atoms with E-state index in [9.17, 15) is 4.79 Å². The van der Waals surface area contributed by atoms with Gasteiger partial charge in [-0.2, -0.15) is 0 Å². The molecule has 86 valence electrons. The standard InChI is InChI=1S/C10H15NO3.ClH/c1-3-11(4-2)7-8-5-6-9(14-8)10(12)13;/h5-6H,3-4,7H2,1-2H3,(H,12,13);1H. The molecule has 5 heteroatoms. The van der Waals surface area contributed by atoms with Crippen LogP contribution >= 0.6 is 12.4 Å². The van der Waals surface area contributed by atoms with Crippen LogP contribution < -0.4 is 0 Å². The zero-order valence-corrected chi connectivity index (χ0v) is 9.71. The second-order valence-electron chi connectivity index (χ2n) is 3.03. The Labute approximate surface area is 95.3 Å². The largest absolute Gasteiger partial charge is 0.475 e. The van der Waals surface area contributed by atoms with Crippen molar-refractivity contribution in [3.8, 4) is 0 Å². The van der Waals surface area contributed by atoms with Gasteiger partial charge in [-0.3, -0.25) is 4.90 Å². The van der Waals surface area contributed by atoms with Gasteiger partial charge in [0.2, 0.25) is 5.76 Å². The molecule has 0 unspecified atom stereocenters. The summed E-state index contributed by atoms with van der Waals surface area (Å²) in [5.41, 5.74) is 0. The average molecular weight is 234 g/mol. The Morgan fingerprint density at radius 1 is 1.40 bits per heavy atom. The van der Waals surface area contributed by atoms with Gasteiger partial charge in [0.1, 0.15) is 5.76 Å². The molecule has 0 bridgehead atoms. The molecule has 0 aliphatic heterocycles. The molecule has 0 aliphatic rings. The third-order valence-electron chi connectivity index (χ3n) is 2.15. The van der Waals surface area contributed by atoms with E-state index in [-0.39, 0.29) is 18.2 Å². The van der Waals surface area contributed by atoms with Crippen LogP contribution in [0.15, 0.2) is 16.5 Å². The Kier molecular flexibility index (Phi) is 6.05. The average Bonchev–Trinajstić information content (AvgIpc) is 2.62. The summed E-state index contributed by atoms with van der Waals surface area (Å²) in [6.07, 6.45) is 0. The lowest BCUT2D eigenvalue weighted by atomic mass is 10.4. The van der Waals surface area contributed by atoms with Crippen molar-refractivity contribution in [3.05, 3.63) is 23.7 Å². The first-order valence-electron chi connectivity index (χ1n) is 4.71.